The standard InChI is InChI=1S/C49H57NO6/c1-32-7-5-18-47(2)43(41-16-12-33(24-39(51)14-11-32)25-42(41)45(52)44-10-6-20-55-44)17-19-49(47,54)31-50(30-48-27-34-21-35(28-48)23-36(22-34)29-48)46(53)56-40-15-13-37-8-3-4-9-38(37)26-40/h3-4,6-10,12-13,15-16,20,25-26,34-36,39,43,51,54H,5,11,14,17-19,21-24,27-31H2,1-2H3. The second-order valence-corrected chi connectivity index (χ2v) is 18.9. The molecule has 0 aliphatic heterocycles. The SMILES string of the molecule is CC1=CCCC2(C)C(CCC2(O)CN(CC23CC4CC(CC(C4)C2)C3)C(=O)Oc2ccc3ccccc3c2)c2ccc(cc2C(=O)c2ccco2)CC(O)CC1. The van der Waals surface area contributed by atoms with Crippen molar-refractivity contribution in [3.63, 3.8) is 0 Å². The lowest BCUT2D eigenvalue weighted by Crippen LogP contribution is -2.58. The van der Waals surface area contributed by atoms with Crippen LogP contribution in [0.4, 0.5) is 4.79 Å². The Balaban J connectivity index is 1.09. The quantitative estimate of drug-likeness (QED) is 0.144. The first-order chi connectivity index (χ1) is 27.0. The monoisotopic (exact) mass is 755 g/mol. The van der Waals surface area contributed by atoms with E-state index in [1.807, 2.05) is 53.4 Å². The van der Waals surface area contributed by atoms with Crippen molar-refractivity contribution >= 4 is 22.6 Å². The van der Waals surface area contributed by atoms with E-state index in [1.54, 1.807) is 12.1 Å². The van der Waals surface area contributed by atoms with Gasteiger partial charge in [0, 0.05) is 17.5 Å². The van der Waals surface area contributed by atoms with Gasteiger partial charge in [-0.2, -0.15) is 0 Å². The van der Waals surface area contributed by atoms with Crippen LogP contribution in [0.5, 0.6) is 5.75 Å². The van der Waals surface area contributed by atoms with E-state index >= 15 is 0 Å². The predicted molar refractivity (Wildman–Crippen MR) is 218 cm³/mol. The summed E-state index contributed by atoms with van der Waals surface area (Å²) in [5, 5.41) is 26.4. The molecule has 2 N–H and O–H groups in total. The van der Waals surface area contributed by atoms with Crippen molar-refractivity contribution in [3.05, 3.63) is 113 Å². The lowest BCUT2D eigenvalue weighted by atomic mass is 9.49. The summed E-state index contributed by atoms with van der Waals surface area (Å²) in [6.45, 7) is 5.08. The van der Waals surface area contributed by atoms with Gasteiger partial charge in [-0.3, -0.25) is 4.79 Å². The molecule has 5 saturated carbocycles. The summed E-state index contributed by atoms with van der Waals surface area (Å²) in [6.07, 6.45) is 14.7. The number of allylic oxidation sites excluding steroid dienone is 2. The molecular formula is C49H57NO6. The number of nitrogens with zero attached hydrogens (tertiary/aromatic N) is 1. The third-order valence-electron chi connectivity index (χ3n) is 15.0. The van der Waals surface area contributed by atoms with Gasteiger partial charge >= 0.3 is 6.09 Å². The first-order valence-electron chi connectivity index (χ1n) is 21.2. The zero-order chi connectivity index (χ0) is 38.7. The van der Waals surface area contributed by atoms with Gasteiger partial charge in [0.15, 0.2) is 5.76 Å². The van der Waals surface area contributed by atoms with Crippen LogP contribution in [0.3, 0.4) is 0 Å². The molecule has 11 rings (SSSR count). The molecule has 4 unspecified atom stereocenters. The fourth-order valence-electron chi connectivity index (χ4n) is 12.5. The molecule has 4 aromatic rings. The van der Waals surface area contributed by atoms with Crippen LogP contribution in [0.25, 0.3) is 10.8 Å². The van der Waals surface area contributed by atoms with Crippen molar-refractivity contribution in [2.45, 2.75) is 115 Å². The van der Waals surface area contributed by atoms with Crippen LogP contribution in [-0.2, 0) is 6.42 Å². The molecule has 0 saturated heterocycles. The summed E-state index contributed by atoms with van der Waals surface area (Å²) in [5.41, 5.74) is 1.70. The van der Waals surface area contributed by atoms with Gasteiger partial charge in [-0.05, 0) is 172 Å². The van der Waals surface area contributed by atoms with Gasteiger partial charge < -0.3 is 24.3 Å². The Morgan fingerprint density at radius 1 is 0.875 bits per heavy atom. The van der Waals surface area contributed by atoms with E-state index in [2.05, 4.69) is 32.1 Å². The second kappa shape index (κ2) is 14.6. The van der Waals surface area contributed by atoms with Gasteiger partial charge in [0.2, 0.25) is 5.78 Å². The Morgan fingerprint density at radius 2 is 1.62 bits per heavy atom. The summed E-state index contributed by atoms with van der Waals surface area (Å²) in [7, 11) is 0. The highest BCUT2D eigenvalue weighted by Gasteiger charge is 2.59. The lowest BCUT2D eigenvalue weighted by molar-refractivity contribution is -0.101. The van der Waals surface area contributed by atoms with E-state index in [0.29, 0.717) is 50.0 Å². The minimum atomic E-state index is -1.25. The molecule has 1 heterocycles. The minimum absolute atomic E-state index is 0.0402. The van der Waals surface area contributed by atoms with Crippen LogP contribution >= 0.6 is 0 Å². The number of aliphatic hydroxyl groups is 2. The van der Waals surface area contributed by atoms with Gasteiger partial charge in [-0.1, -0.05) is 61.0 Å². The van der Waals surface area contributed by atoms with Crippen LogP contribution in [0.1, 0.15) is 124 Å². The van der Waals surface area contributed by atoms with Gasteiger partial charge in [-0.25, -0.2) is 4.79 Å². The summed E-state index contributed by atoms with van der Waals surface area (Å²) in [6, 6.07) is 23.4. The molecule has 4 atom stereocenters. The smallest absolute Gasteiger partial charge is 0.415 e. The Morgan fingerprint density at radius 3 is 2.36 bits per heavy atom. The van der Waals surface area contributed by atoms with Crippen LogP contribution in [0.15, 0.2) is 95.1 Å². The number of rotatable bonds is 7. The maximum absolute atomic E-state index is 14.7. The maximum atomic E-state index is 14.7. The molecule has 7 heteroatoms. The topological polar surface area (TPSA) is 100 Å². The fourth-order valence-corrected chi connectivity index (χ4v) is 12.5. The zero-order valence-electron chi connectivity index (χ0n) is 33.1. The van der Waals surface area contributed by atoms with E-state index < -0.39 is 23.2 Å². The van der Waals surface area contributed by atoms with Crippen LogP contribution in [-0.4, -0.2) is 51.8 Å². The van der Waals surface area contributed by atoms with Gasteiger partial charge in [0.1, 0.15) is 5.75 Å². The molecule has 294 valence electrons. The summed E-state index contributed by atoms with van der Waals surface area (Å²) < 4.78 is 11.9. The third kappa shape index (κ3) is 7.04. The predicted octanol–water partition coefficient (Wildman–Crippen LogP) is 10.4. The molecular weight excluding hydrogens is 699 g/mol. The highest BCUT2D eigenvalue weighted by atomic mass is 16.6. The minimum Gasteiger partial charge on any atom is -0.461 e. The molecule has 1 aromatic heterocycles. The molecule has 0 radical (unpaired) electrons. The number of aliphatic hydroxyl groups excluding tert-OH is 1. The average molecular weight is 756 g/mol. The van der Waals surface area contributed by atoms with Gasteiger partial charge in [0.05, 0.1) is 24.5 Å². The molecule has 7 nitrogen and oxygen atoms in total. The van der Waals surface area contributed by atoms with E-state index in [9.17, 15) is 19.8 Å². The van der Waals surface area contributed by atoms with E-state index in [0.717, 1.165) is 71.8 Å². The number of benzene rings is 3. The summed E-state index contributed by atoms with van der Waals surface area (Å²) in [5.74, 6) is 2.60. The van der Waals surface area contributed by atoms with Crippen LogP contribution in [0.2, 0.25) is 0 Å². The number of carbonyl (C=O) groups excluding carboxylic acids is 2. The normalized spacial score (nSPS) is 32.5. The summed E-state index contributed by atoms with van der Waals surface area (Å²) >= 11 is 0. The van der Waals surface area contributed by atoms with E-state index in [-0.39, 0.29) is 29.4 Å². The van der Waals surface area contributed by atoms with Crippen molar-refractivity contribution in [1.82, 2.24) is 4.90 Å². The molecule has 0 spiro atoms. The lowest BCUT2D eigenvalue weighted by Gasteiger charge is -2.58. The van der Waals surface area contributed by atoms with E-state index in [1.165, 1.54) is 31.1 Å². The number of furan rings is 1. The number of carbonyl (C=O) groups is 2. The summed E-state index contributed by atoms with van der Waals surface area (Å²) in [4.78, 5) is 30.8. The molecule has 6 bridgehead atoms. The largest absolute Gasteiger partial charge is 0.461 e. The third-order valence-corrected chi connectivity index (χ3v) is 15.0. The number of ketones is 1. The number of hydrogen-bond donors (Lipinski definition) is 2. The Hall–Kier alpha value is -4.20. The second-order valence-electron chi connectivity index (χ2n) is 18.9. The van der Waals surface area contributed by atoms with Crippen molar-refractivity contribution in [2.24, 2.45) is 28.6 Å². The maximum Gasteiger partial charge on any atom is 0.415 e. The van der Waals surface area contributed by atoms with Crippen molar-refractivity contribution < 1.29 is 29.0 Å². The fraction of sp³-hybridized carbons (Fsp3) is 0.510. The van der Waals surface area contributed by atoms with Crippen molar-refractivity contribution in [1.29, 1.82) is 0 Å². The van der Waals surface area contributed by atoms with Crippen LogP contribution < -0.4 is 4.74 Å². The average Bonchev–Trinajstić information content (AvgIpc) is 3.79. The van der Waals surface area contributed by atoms with Crippen molar-refractivity contribution in [2.75, 3.05) is 13.1 Å². The zero-order valence-corrected chi connectivity index (χ0v) is 33.1. The van der Waals surface area contributed by atoms with Gasteiger partial charge in [0.25, 0.3) is 0 Å². The molecule has 5 fully saturated rings. The van der Waals surface area contributed by atoms with Crippen molar-refractivity contribution in [3.8, 4) is 5.75 Å². The first kappa shape index (κ1) is 37.4. The molecule has 7 aliphatic rings. The van der Waals surface area contributed by atoms with E-state index in [4.69, 9.17) is 9.15 Å². The molecule has 7 aliphatic carbocycles. The number of amides is 1. The number of fused-ring (bicyclic) bond motifs is 9. The Bertz CT molecular complexity index is 2100. The number of ether oxygens (including phenoxy) is 1. The Kier molecular flexibility index (Phi) is 9.77. The molecule has 56 heavy (non-hydrogen) atoms. The first-order valence-corrected chi connectivity index (χ1v) is 21.2. The Labute approximate surface area is 331 Å². The molecule has 3 aromatic carbocycles. The van der Waals surface area contributed by atoms with Gasteiger partial charge in [-0.15, -0.1) is 0 Å². The number of hydrogen-bond acceptors (Lipinski definition) is 6. The highest BCUT2D eigenvalue weighted by Crippen LogP contribution is 2.62. The molecule has 1 amide bonds. The highest BCUT2D eigenvalue weighted by molar-refractivity contribution is 6.08. The van der Waals surface area contributed by atoms with Crippen LogP contribution in [0, 0.1) is 28.6 Å².